The predicted octanol–water partition coefficient (Wildman–Crippen LogP) is 5.19. The van der Waals surface area contributed by atoms with Crippen molar-refractivity contribution < 1.29 is 19.0 Å². The molecular weight excluding hydrogens is 359 g/mol. The van der Waals surface area contributed by atoms with E-state index in [1.807, 2.05) is 13.0 Å². The van der Waals surface area contributed by atoms with E-state index in [1.165, 1.54) is 12.4 Å². The van der Waals surface area contributed by atoms with Crippen molar-refractivity contribution in [3.05, 3.63) is 53.6 Å². The molecule has 0 atom stereocenters. The van der Waals surface area contributed by atoms with Crippen LogP contribution >= 0.6 is 0 Å². The molecule has 0 unspecified atom stereocenters. The van der Waals surface area contributed by atoms with Gasteiger partial charge in [0, 0.05) is 17.7 Å². The second-order valence-electron chi connectivity index (χ2n) is 7.04. The molecule has 1 saturated carbocycles. The fourth-order valence-electron chi connectivity index (χ4n) is 4.07. The highest BCUT2D eigenvalue weighted by molar-refractivity contribution is 5.95. The molecule has 0 spiro atoms. The van der Waals surface area contributed by atoms with E-state index < -0.39 is 11.8 Å². The Morgan fingerprint density at radius 1 is 1.21 bits per heavy atom. The highest BCUT2D eigenvalue weighted by atomic mass is 19.1. The first-order valence-electron chi connectivity index (χ1n) is 9.53. The van der Waals surface area contributed by atoms with Gasteiger partial charge < -0.3 is 9.84 Å². The molecule has 1 aromatic heterocycles. The maximum Gasteiger partial charge on any atom is 0.335 e. The zero-order valence-corrected chi connectivity index (χ0v) is 15.6. The van der Waals surface area contributed by atoms with Crippen LogP contribution in [0.15, 0.2) is 36.7 Å². The van der Waals surface area contributed by atoms with Gasteiger partial charge in [-0.05, 0) is 43.4 Å². The summed E-state index contributed by atoms with van der Waals surface area (Å²) in [7, 11) is 0. The van der Waals surface area contributed by atoms with Gasteiger partial charge in [0.2, 0.25) is 0 Å². The third-order valence-corrected chi connectivity index (χ3v) is 5.32. The molecule has 144 valence electrons. The second kappa shape index (κ2) is 7.54. The highest BCUT2D eigenvalue weighted by Crippen LogP contribution is 2.39. The van der Waals surface area contributed by atoms with Crippen molar-refractivity contribution in [1.82, 2.24) is 9.97 Å². The van der Waals surface area contributed by atoms with Crippen molar-refractivity contribution in [2.24, 2.45) is 0 Å². The van der Waals surface area contributed by atoms with Crippen LogP contribution in [0.2, 0.25) is 0 Å². The average molecular weight is 380 g/mol. The van der Waals surface area contributed by atoms with E-state index >= 15 is 0 Å². The topological polar surface area (TPSA) is 72.3 Å². The van der Waals surface area contributed by atoms with Crippen LogP contribution in [0.1, 0.15) is 54.4 Å². The fourth-order valence-corrected chi connectivity index (χ4v) is 4.07. The van der Waals surface area contributed by atoms with E-state index in [0.29, 0.717) is 40.1 Å². The van der Waals surface area contributed by atoms with Gasteiger partial charge in [-0.1, -0.05) is 18.9 Å². The van der Waals surface area contributed by atoms with Crippen LogP contribution in [-0.4, -0.2) is 27.7 Å². The molecule has 2 aromatic carbocycles. The fraction of sp³-hybridized carbons (Fsp3) is 0.318. The normalized spacial score (nSPS) is 14.5. The molecule has 3 aromatic rings. The largest absolute Gasteiger partial charge is 0.494 e. The van der Waals surface area contributed by atoms with Gasteiger partial charge >= 0.3 is 5.97 Å². The summed E-state index contributed by atoms with van der Waals surface area (Å²) >= 11 is 0. The molecule has 28 heavy (non-hydrogen) atoms. The number of hydrogen-bond donors (Lipinski definition) is 1. The summed E-state index contributed by atoms with van der Waals surface area (Å²) in [5.74, 6) is -0.756. The third-order valence-electron chi connectivity index (χ3n) is 5.32. The molecule has 0 amide bonds. The van der Waals surface area contributed by atoms with Crippen LogP contribution in [0.25, 0.3) is 22.2 Å². The van der Waals surface area contributed by atoms with Gasteiger partial charge in [-0.2, -0.15) is 0 Å². The molecule has 0 bridgehead atoms. The number of carboxylic acid groups (broad SMARTS) is 1. The molecule has 1 fully saturated rings. The monoisotopic (exact) mass is 380 g/mol. The number of benzene rings is 2. The molecule has 1 N–H and O–H groups in total. The van der Waals surface area contributed by atoms with Crippen LogP contribution in [0.4, 0.5) is 4.39 Å². The van der Waals surface area contributed by atoms with Crippen LogP contribution in [0.5, 0.6) is 5.75 Å². The number of halogens is 1. The number of aromatic nitrogens is 2. The minimum Gasteiger partial charge on any atom is -0.494 e. The number of rotatable bonds is 5. The Hall–Kier alpha value is -3.02. The van der Waals surface area contributed by atoms with Crippen LogP contribution in [-0.2, 0) is 0 Å². The Morgan fingerprint density at radius 2 is 2.00 bits per heavy atom. The number of fused-ring (bicyclic) bond motifs is 1. The van der Waals surface area contributed by atoms with E-state index in [-0.39, 0.29) is 5.92 Å². The van der Waals surface area contributed by atoms with Gasteiger partial charge in [-0.15, -0.1) is 0 Å². The Bertz CT molecular complexity index is 1050. The number of carbonyl (C=O) groups is 1. The smallest absolute Gasteiger partial charge is 0.335 e. The second-order valence-corrected chi connectivity index (χ2v) is 7.04. The molecule has 1 aliphatic carbocycles. The van der Waals surface area contributed by atoms with Gasteiger partial charge in [0.1, 0.15) is 17.9 Å². The lowest BCUT2D eigenvalue weighted by Crippen LogP contribution is -2.06. The van der Waals surface area contributed by atoms with Crippen molar-refractivity contribution in [3.8, 4) is 17.0 Å². The number of ether oxygens (including phenoxy) is 1. The minimum atomic E-state index is -0.937. The SMILES string of the molecule is CCOc1cc(F)c2c(-c3ccc(C(=O)O)c(C4CCCC4)c3)ncnc2c1. The first-order chi connectivity index (χ1) is 13.6. The summed E-state index contributed by atoms with van der Waals surface area (Å²) in [5, 5.41) is 9.90. The Morgan fingerprint density at radius 3 is 2.71 bits per heavy atom. The van der Waals surface area contributed by atoms with E-state index in [2.05, 4.69) is 9.97 Å². The number of aromatic carboxylic acids is 1. The van der Waals surface area contributed by atoms with Crippen LogP contribution in [0, 0.1) is 5.82 Å². The van der Waals surface area contributed by atoms with Crippen LogP contribution < -0.4 is 4.74 Å². The summed E-state index contributed by atoms with van der Waals surface area (Å²) in [5.41, 5.74) is 2.73. The van der Waals surface area contributed by atoms with Crippen LogP contribution in [0.3, 0.4) is 0 Å². The van der Waals surface area contributed by atoms with Gasteiger partial charge in [0.15, 0.2) is 0 Å². The molecular formula is C22H21FN2O3. The summed E-state index contributed by atoms with van der Waals surface area (Å²) in [4.78, 5) is 20.2. The third kappa shape index (κ3) is 3.30. The first-order valence-corrected chi connectivity index (χ1v) is 9.53. The van der Waals surface area contributed by atoms with Crippen molar-refractivity contribution in [3.63, 3.8) is 0 Å². The van der Waals surface area contributed by atoms with E-state index in [0.717, 1.165) is 31.2 Å². The molecule has 5 nitrogen and oxygen atoms in total. The highest BCUT2D eigenvalue weighted by Gasteiger charge is 2.24. The van der Waals surface area contributed by atoms with Gasteiger partial charge in [0.25, 0.3) is 0 Å². The van der Waals surface area contributed by atoms with E-state index in [4.69, 9.17) is 4.74 Å². The van der Waals surface area contributed by atoms with Crippen molar-refractivity contribution in [2.75, 3.05) is 6.61 Å². The average Bonchev–Trinajstić information content (AvgIpc) is 3.22. The van der Waals surface area contributed by atoms with E-state index in [9.17, 15) is 14.3 Å². The molecule has 1 heterocycles. The van der Waals surface area contributed by atoms with E-state index in [1.54, 1.807) is 18.2 Å². The maximum atomic E-state index is 14.9. The Balaban J connectivity index is 1.88. The minimum absolute atomic E-state index is 0.216. The number of hydrogen-bond acceptors (Lipinski definition) is 4. The quantitative estimate of drug-likeness (QED) is 0.659. The molecule has 0 saturated heterocycles. The van der Waals surface area contributed by atoms with Gasteiger partial charge in [0.05, 0.1) is 28.8 Å². The molecule has 6 heteroatoms. The summed E-state index contributed by atoms with van der Waals surface area (Å²) in [6.45, 7) is 2.27. The predicted molar refractivity (Wildman–Crippen MR) is 104 cm³/mol. The summed E-state index contributed by atoms with van der Waals surface area (Å²) < 4.78 is 20.3. The van der Waals surface area contributed by atoms with Crippen molar-refractivity contribution in [1.29, 1.82) is 0 Å². The molecule has 1 aliphatic rings. The molecule has 4 rings (SSSR count). The van der Waals surface area contributed by atoms with Gasteiger partial charge in [-0.3, -0.25) is 0 Å². The lowest BCUT2D eigenvalue weighted by Gasteiger charge is -2.15. The van der Waals surface area contributed by atoms with Crippen molar-refractivity contribution in [2.45, 2.75) is 38.5 Å². The maximum absolute atomic E-state index is 14.9. The molecule has 0 radical (unpaired) electrons. The number of carboxylic acids is 1. The molecule has 0 aliphatic heterocycles. The van der Waals surface area contributed by atoms with Gasteiger partial charge in [-0.25, -0.2) is 19.2 Å². The summed E-state index contributed by atoms with van der Waals surface area (Å²) in [6, 6.07) is 8.18. The lowest BCUT2D eigenvalue weighted by atomic mass is 9.90. The zero-order chi connectivity index (χ0) is 19.7. The zero-order valence-electron chi connectivity index (χ0n) is 15.6. The Kier molecular flexibility index (Phi) is 4.94. The lowest BCUT2D eigenvalue weighted by molar-refractivity contribution is 0.0695. The standard InChI is InChI=1S/C22H21FN2O3/c1-2-28-15-10-18(23)20-19(11-15)24-12-25-21(20)14-7-8-16(22(26)27)17(9-14)13-5-3-4-6-13/h7-13H,2-6H2,1H3,(H,26,27). The first kappa shape index (κ1) is 18.3. The Labute approximate surface area is 162 Å². The van der Waals surface area contributed by atoms with Crippen molar-refractivity contribution >= 4 is 16.9 Å². The number of nitrogens with zero attached hydrogens (tertiary/aromatic N) is 2. The summed E-state index contributed by atoms with van der Waals surface area (Å²) in [6.07, 6.45) is 5.53.